The van der Waals surface area contributed by atoms with E-state index in [1.54, 1.807) is 38.4 Å². The Hall–Kier alpha value is -2.45. The zero-order chi connectivity index (χ0) is 18.7. The second kappa shape index (κ2) is 7.84. The largest absolute Gasteiger partial charge is 0.376 e. The van der Waals surface area contributed by atoms with Crippen molar-refractivity contribution in [3.63, 3.8) is 0 Å². The van der Waals surface area contributed by atoms with Gasteiger partial charge in [0.25, 0.3) is 5.91 Å². The second-order valence-electron chi connectivity index (χ2n) is 6.47. The number of amides is 3. The van der Waals surface area contributed by atoms with Crippen molar-refractivity contribution in [2.24, 2.45) is 0 Å². The summed E-state index contributed by atoms with van der Waals surface area (Å²) in [6.07, 6.45) is -0.175. The molecule has 26 heavy (non-hydrogen) atoms. The molecule has 0 aliphatic carbocycles. The maximum absolute atomic E-state index is 12.8. The Morgan fingerprint density at radius 3 is 2.77 bits per heavy atom. The minimum absolute atomic E-state index is 0.132. The minimum Gasteiger partial charge on any atom is -0.376 e. The Morgan fingerprint density at radius 1 is 1.27 bits per heavy atom. The van der Waals surface area contributed by atoms with Crippen molar-refractivity contribution in [2.45, 2.75) is 6.10 Å². The molecule has 8 nitrogen and oxygen atoms in total. The number of benzene rings is 1. The van der Waals surface area contributed by atoms with E-state index in [2.05, 4.69) is 0 Å². The van der Waals surface area contributed by atoms with Crippen molar-refractivity contribution in [3.8, 4) is 0 Å². The third-order valence-corrected chi connectivity index (χ3v) is 4.60. The van der Waals surface area contributed by atoms with E-state index in [0.29, 0.717) is 37.6 Å². The van der Waals surface area contributed by atoms with Crippen molar-refractivity contribution in [1.82, 2.24) is 9.80 Å². The highest BCUT2D eigenvalue weighted by atomic mass is 16.6. The standard InChI is InChI=1S/C18H23N3O5/c1-19(9-13-12-25-7-8-26-13)16(22)10-21-11-17(23)20(2)15-6-4-3-5-14(15)18(21)24/h3-6,13H,7-12H2,1-2H3/t13-/m1/s1. The van der Waals surface area contributed by atoms with Gasteiger partial charge in [-0.1, -0.05) is 12.1 Å². The number of fused-ring (bicyclic) bond motifs is 1. The molecule has 2 aliphatic rings. The van der Waals surface area contributed by atoms with E-state index in [0.717, 1.165) is 0 Å². The van der Waals surface area contributed by atoms with Gasteiger partial charge in [0.15, 0.2) is 0 Å². The fourth-order valence-electron chi connectivity index (χ4n) is 3.05. The van der Waals surface area contributed by atoms with Gasteiger partial charge in [0.2, 0.25) is 11.8 Å². The van der Waals surface area contributed by atoms with Crippen molar-refractivity contribution in [2.75, 3.05) is 58.5 Å². The average Bonchev–Trinajstić information content (AvgIpc) is 2.74. The van der Waals surface area contributed by atoms with Gasteiger partial charge in [0.05, 0.1) is 37.2 Å². The lowest BCUT2D eigenvalue weighted by molar-refractivity contribution is -0.137. The van der Waals surface area contributed by atoms with E-state index in [1.807, 2.05) is 0 Å². The fourth-order valence-corrected chi connectivity index (χ4v) is 3.05. The van der Waals surface area contributed by atoms with Gasteiger partial charge in [-0.05, 0) is 12.1 Å². The first-order chi connectivity index (χ1) is 12.5. The number of para-hydroxylation sites is 1. The van der Waals surface area contributed by atoms with Gasteiger partial charge in [-0.2, -0.15) is 0 Å². The first-order valence-corrected chi connectivity index (χ1v) is 8.55. The van der Waals surface area contributed by atoms with E-state index < -0.39 is 0 Å². The normalized spacial score (nSPS) is 20.6. The van der Waals surface area contributed by atoms with Gasteiger partial charge in [-0.15, -0.1) is 0 Å². The first kappa shape index (κ1) is 18.3. The SMILES string of the molecule is CN(C[C@@H]1COCCO1)C(=O)CN1CC(=O)N(C)c2ccccc2C1=O. The van der Waals surface area contributed by atoms with Crippen LogP contribution in [-0.2, 0) is 19.1 Å². The number of hydrogen-bond donors (Lipinski definition) is 0. The summed E-state index contributed by atoms with van der Waals surface area (Å²) in [5, 5.41) is 0. The second-order valence-corrected chi connectivity index (χ2v) is 6.47. The third kappa shape index (κ3) is 3.86. The lowest BCUT2D eigenvalue weighted by atomic mass is 10.1. The van der Waals surface area contributed by atoms with Crippen molar-refractivity contribution in [1.29, 1.82) is 0 Å². The van der Waals surface area contributed by atoms with Crippen molar-refractivity contribution in [3.05, 3.63) is 29.8 Å². The lowest BCUT2D eigenvalue weighted by Crippen LogP contribution is -2.47. The highest BCUT2D eigenvalue weighted by molar-refractivity contribution is 6.10. The molecule has 1 saturated heterocycles. The molecule has 2 heterocycles. The van der Waals surface area contributed by atoms with E-state index >= 15 is 0 Å². The highest BCUT2D eigenvalue weighted by Gasteiger charge is 2.31. The molecule has 0 N–H and O–H groups in total. The summed E-state index contributed by atoms with van der Waals surface area (Å²) in [5.74, 6) is -0.803. The molecule has 0 bridgehead atoms. The van der Waals surface area contributed by atoms with E-state index in [1.165, 1.54) is 14.7 Å². The number of anilines is 1. The molecule has 2 aliphatic heterocycles. The van der Waals surface area contributed by atoms with Crippen LogP contribution in [0, 0.1) is 0 Å². The van der Waals surface area contributed by atoms with Crippen molar-refractivity contribution < 1.29 is 23.9 Å². The molecule has 3 rings (SSSR count). The van der Waals surface area contributed by atoms with Crippen LogP contribution in [0.15, 0.2) is 24.3 Å². The molecule has 0 unspecified atom stereocenters. The molecule has 1 fully saturated rings. The number of carbonyl (C=O) groups excluding carboxylic acids is 3. The summed E-state index contributed by atoms with van der Waals surface area (Å²) in [5.41, 5.74) is 0.971. The number of ether oxygens (including phenoxy) is 2. The monoisotopic (exact) mass is 361 g/mol. The quantitative estimate of drug-likeness (QED) is 0.753. The predicted octanol–water partition coefficient (Wildman–Crippen LogP) is -0.0210. The number of nitrogens with zero attached hydrogens (tertiary/aromatic N) is 3. The van der Waals surface area contributed by atoms with Crippen LogP contribution < -0.4 is 4.90 Å². The number of hydrogen-bond acceptors (Lipinski definition) is 5. The van der Waals surface area contributed by atoms with E-state index in [-0.39, 0.29) is 36.9 Å². The first-order valence-electron chi connectivity index (χ1n) is 8.55. The Kier molecular flexibility index (Phi) is 5.53. The zero-order valence-corrected chi connectivity index (χ0v) is 15.0. The molecule has 0 radical (unpaired) electrons. The van der Waals surface area contributed by atoms with Gasteiger partial charge in [-0.3, -0.25) is 14.4 Å². The summed E-state index contributed by atoms with van der Waals surface area (Å²) in [7, 11) is 3.29. The average molecular weight is 361 g/mol. The Balaban J connectivity index is 1.69. The number of likely N-dealkylation sites (N-methyl/N-ethyl adjacent to an activating group) is 2. The molecule has 0 aromatic heterocycles. The van der Waals surface area contributed by atoms with Crippen LogP contribution in [-0.4, -0.2) is 87.2 Å². The van der Waals surface area contributed by atoms with E-state index in [4.69, 9.17) is 9.47 Å². The van der Waals surface area contributed by atoms with Crippen LogP contribution in [0.25, 0.3) is 0 Å². The summed E-state index contributed by atoms with van der Waals surface area (Å²) in [6.45, 7) is 1.60. The van der Waals surface area contributed by atoms with Crippen LogP contribution >= 0.6 is 0 Å². The molecule has 140 valence electrons. The molecule has 1 aromatic carbocycles. The lowest BCUT2D eigenvalue weighted by Gasteiger charge is -2.29. The molecule has 0 spiro atoms. The van der Waals surface area contributed by atoms with Gasteiger partial charge in [0.1, 0.15) is 13.1 Å². The summed E-state index contributed by atoms with van der Waals surface area (Å²) in [4.78, 5) is 42.0. The van der Waals surface area contributed by atoms with Crippen LogP contribution in [0.4, 0.5) is 5.69 Å². The Morgan fingerprint density at radius 2 is 2.04 bits per heavy atom. The van der Waals surface area contributed by atoms with Gasteiger partial charge in [0, 0.05) is 20.6 Å². The molecular weight excluding hydrogens is 338 g/mol. The van der Waals surface area contributed by atoms with Crippen LogP contribution in [0.2, 0.25) is 0 Å². The van der Waals surface area contributed by atoms with Crippen LogP contribution in [0.5, 0.6) is 0 Å². The molecule has 8 heteroatoms. The smallest absolute Gasteiger partial charge is 0.256 e. The van der Waals surface area contributed by atoms with Crippen molar-refractivity contribution >= 4 is 23.4 Å². The molecule has 3 amide bonds. The van der Waals surface area contributed by atoms with Crippen LogP contribution in [0.3, 0.4) is 0 Å². The third-order valence-electron chi connectivity index (χ3n) is 4.60. The molecular formula is C18H23N3O5. The van der Waals surface area contributed by atoms with Gasteiger partial charge >= 0.3 is 0 Å². The highest BCUT2D eigenvalue weighted by Crippen LogP contribution is 2.24. The maximum Gasteiger partial charge on any atom is 0.256 e. The summed E-state index contributed by atoms with van der Waals surface area (Å²) < 4.78 is 10.9. The summed E-state index contributed by atoms with van der Waals surface area (Å²) >= 11 is 0. The number of carbonyl (C=O) groups is 3. The maximum atomic E-state index is 12.8. The molecule has 1 atom stereocenters. The summed E-state index contributed by atoms with van der Waals surface area (Å²) in [6, 6.07) is 6.91. The minimum atomic E-state index is -0.322. The van der Waals surface area contributed by atoms with Crippen LogP contribution in [0.1, 0.15) is 10.4 Å². The van der Waals surface area contributed by atoms with E-state index in [9.17, 15) is 14.4 Å². The number of rotatable bonds is 4. The zero-order valence-electron chi connectivity index (χ0n) is 15.0. The Labute approximate surface area is 152 Å². The molecule has 0 saturated carbocycles. The Bertz CT molecular complexity index is 702. The predicted molar refractivity (Wildman–Crippen MR) is 94.0 cm³/mol. The topological polar surface area (TPSA) is 79.4 Å². The fraction of sp³-hybridized carbons (Fsp3) is 0.500. The van der Waals surface area contributed by atoms with Gasteiger partial charge in [-0.25, -0.2) is 0 Å². The van der Waals surface area contributed by atoms with Gasteiger partial charge < -0.3 is 24.2 Å². The molecule has 1 aromatic rings.